The monoisotopic (exact) mass is 638 g/mol. The fourth-order valence-corrected chi connectivity index (χ4v) is 5.70. The summed E-state index contributed by atoms with van der Waals surface area (Å²) >= 11 is 0. The summed E-state index contributed by atoms with van der Waals surface area (Å²) in [5.74, 6) is -1.18. The van der Waals surface area contributed by atoms with Crippen LogP contribution in [0.5, 0.6) is 0 Å². The van der Waals surface area contributed by atoms with Crippen LogP contribution in [0.3, 0.4) is 0 Å². The number of aliphatic carboxylic acids is 1. The second-order valence-corrected chi connectivity index (χ2v) is 11.8. The Labute approximate surface area is 270 Å². The number of ether oxygens (including phenoxy) is 2. The van der Waals surface area contributed by atoms with Crippen LogP contribution in [0.4, 0.5) is 10.6 Å². The number of nitrogens with zero attached hydrogens (tertiary/aromatic N) is 5. The second-order valence-electron chi connectivity index (χ2n) is 11.8. The normalized spacial score (nSPS) is 16.2. The number of carbonyl (C=O) groups excluding carboxylic acids is 3. The third kappa shape index (κ3) is 9.87. The molecule has 0 spiro atoms. The van der Waals surface area contributed by atoms with Gasteiger partial charge in [-0.25, -0.2) is 14.8 Å². The second kappa shape index (κ2) is 17.4. The maximum atomic E-state index is 13.7. The highest BCUT2D eigenvalue weighted by Gasteiger charge is 2.32. The lowest BCUT2D eigenvalue weighted by Crippen LogP contribution is -2.56. The molecule has 0 bridgehead atoms. The molecule has 2 aliphatic heterocycles. The van der Waals surface area contributed by atoms with Gasteiger partial charge in [0.2, 0.25) is 11.7 Å². The van der Waals surface area contributed by atoms with E-state index in [-0.39, 0.29) is 44.8 Å². The summed E-state index contributed by atoms with van der Waals surface area (Å²) in [5.41, 5.74) is 1.38. The summed E-state index contributed by atoms with van der Waals surface area (Å²) in [5, 5.41) is 12.1. The molecule has 1 atom stereocenters. The Bertz CT molecular complexity index is 1310. The molecule has 1 aromatic carbocycles. The Kier molecular flexibility index (Phi) is 13.1. The van der Waals surface area contributed by atoms with Gasteiger partial charge < -0.3 is 34.6 Å². The molecular weight excluding hydrogens is 592 g/mol. The molecule has 13 nitrogen and oxygen atoms in total. The van der Waals surface area contributed by atoms with Gasteiger partial charge in [-0.2, -0.15) is 0 Å². The number of methoxy groups -OCH3 is 1. The van der Waals surface area contributed by atoms with Crippen LogP contribution in [0.2, 0.25) is 0 Å². The summed E-state index contributed by atoms with van der Waals surface area (Å²) in [6, 6.07) is 10.2. The van der Waals surface area contributed by atoms with E-state index in [4.69, 9.17) is 9.47 Å². The first-order valence-corrected chi connectivity index (χ1v) is 16.2. The summed E-state index contributed by atoms with van der Waals surface area (Å²) in [6.45, 7) is 5.68. The SMILES string of the molecule is CCCCCOC(=O)N1CCN(C(=O)[C@H](CCC(=O)O)NC(=O)c2nc(-c3ccccc3)cc(N3CCC(COC)CC3)n2)CC1. The van der Waals surface area contributed by atoms with E-state index in [0.29, 0.717) is 30.6 Å². The van der Waals surface area contributed by atoms with Gasteiger partial charge in [-0.05, 0) is 31.6 Å². The molecule has 1 aromatic heterocycles. The maximum absolute atomic E-state index is 13.7. The zero-order valence-electron chi connectivity index (χ0n) is 26.9. The molecule has 46 heavy (non-hydrogen) atoms. The minimum absolute atomic E-state index is 0.0980. The predicted molar refractivity (Wildman–Crippen MR) is 171 cm³/mol. The molecule has 0 aliphatic carbocycles. The zero-order chi connectivity index (χ0) is 32.9. The predicted octanol–water partition coefficient (Wildman–Crippen LogP) is 3.44. The van der Waals surface area contributed by atoms with Gasteiger partial charge in [-0.15, -0.1) is 0 Å². The lowest BCUT2D eigenvalue weighted by molar-refractivity contribution is -0.138. The van der Waals surface area contributed by atoms with Crippen molar-refractivity contribution in [3.05, 3.63) is 42.2 Å². The Balaban J connectivity index is 1.48. The van der Waals surface area contributed by atoms with Crippen LogP contribution < -0.4 is 10.2 Å². The number of carbonyl (C=O) groups is 4. The van der Waals surface area contributed by atoms with Crippen molar-refractivity contribution >= 4 is 29.7 Å². The smallest absolute Gasteiger partial charge is 0.409 e. The number of benzene rings is 1. The number of nitrogens with one attached hydrogen (secondary N) is 1. The first-order chi connectivity index (χ1) is 22.3. The van der Waals surface area contributed by atoms with E-state index in [1.807, 2.05) is 36.4 Å². The number of anilines is 1. The van der Waals surface area contributed by atoms with Gasteiger partial charge in [0.1, 0.15) is 11.9 Å². The number of piperazine rings is 1. The van der Waals surface area contributed by atoms with Crippen LogP contribution in [0.1, 0.15) is 62.5 Å². The average molecular weight is 639 g/mol. The Hall–Kier alpha value is -4.26. The van der Waals surface area contributed by atoms with Gasteiger partial charge in [-0.3, -0.25) is 14.4 Å². The first kappa shape index (κ1) is 34.6. The van der Waals surface area contributed by atoms with Crippen LogP contribution in [-0.4, -0.2) is 114 Å². The molecule has 4 rings (SSSR count). The maximum Gasteiger partial charge on any atom is 0.409 e. The van der Waals surface area contributed by atoms with E-state index >= 15 is 0 Å². The van der Waals surface area contributed by atoms with E-state index in [0.717, 1.165) is 50.8 Å². The molecule has 2 fully saturated rings. The van der Waals surface area contributed by atoms with Gasteiger partial charge in [0.05, 0.1) is 12.3 Å². The molecule has 0 radical (unpaired) electrons. The summed E-state index contributed by atoms with van der Waals surface area (Å²) in [4.78, 5) is 65.6. The molecule has 3 amide bonds. The van der Waals surface area contributed by atoms with Crippen molar-refractivity contribution in [3.63, 3.8) is 0 Å². The number of aromatic nitrogens is 2. The summed E-state index contributed by atoms with van der Waals surface area (Å²) in [6.07, 6.45) is 3.84. The lowest BCUT2D eigenvalue weighted by Gasteiger charge is -2.36. The van der Waals surface area contributed by atoms with Crippen molar-refractivity contribution < 1.29 is 33.8 Å². The molecule has 3 heterocycles. The van der Waals surface area contributed by atoms with E-state index in [1.54, 1.807) is 16.9 Å². The number of unbranched alkanes of at least 4 members (excludes halogenated alkanes) is 2. The molecule has 2 N–H and O–H groups in total. The van der Waals surface area contributed by atoms with Gasteiger partial charge in [-0.1, -0.05) is 50.1 Å². The van der Waals surface area contributed by atoms with Gasteiger partial charge in [0.25, 0.3) is 5.91 Å². The van der Waals surface area contributed by atoms with E-state index in [2.05, 4.69) is 27.1 Å². The molecule has 0 unspecified atom stereocenters. The number of carboxylic acids is 1. The largest absolute Gasteiger partial charge is 0.481 e. The van der Waals surface area contributed by atoms with Gasteiger partial charge in [0, 0.05) is 71.0 Å². The molecule has 2 aromatic rings. The fourth-order valence-electron chi connectivity index (χ4n) is 5.70. The van der Waals surface area contributed by atoms with Crippen LogP contribution >= 0.6 is 0 Å². The van der Waals surface area contributed by atoms with Crippen molar-refractivity contribution in [2.45, 2.75) is 57.9 Å². The number of carboxylic acid groups (broad SMARTS) is 1. The van der Waals surface area contributed by atoms with E-state index < -0.39 is 29.9 Å². The number of rotatable bonds is 14. The number of hydrogen-bond acceptors (Lipinski definition) is 9. The fraction of sp³-hybridized carbons (Fsp3) is 0.576. The van der Waals surface area contributed by atoms with Crippen LogP contribution in [0.25, 0.3) is 11.3 Å². The van der Waals surface area contributed by atoms with Crippen LogP contribution in [0, 0.1) is 5.92 Å². The Morgan fingerprint density at radius 2 is 1.67 bits per heavy atom. The number of hydrogen-bond donors (Lipinski definition) is 2. The van der Waals surface area contributed by atoms with Gasteiger partial charge in [0.15, 0.2) is 0 Å². The molecule has 13 heteroatoms. The van der Waals surface area contributed by atoms with Crippen molar-refractivity contribution in [3.8, 4) is 11.3 Å². The Morgan fingerprint density at radius 3 is 2.33 bits per heavy atom. The van der Waals surface area contributed by atoms with Crippen molar-refractivity contribution in [1.29, 1.82) is 0 Å². The van der Waals surface area contributed by atoms with Crippen molar-refractivity contribution in [2.75, 3.05) is 64.5 Å². The van der Waals surface area contributed by atoms with Crippen molar-refractivity contribution in [2.24, 2.45) is 5.92 Å². The van der Waals surface area contributed by atoms with E-state index in [9.17, 15) is 24.3 Å². The van der Waals surface area contributed by atoms with Crippen molar-refractivity contribution in [1.82, 2.24) is 25.1 Å². The molecular formula is C33H46N6O7. The van der Waals surface area contributed by atoms with Crippen LogP contribution in [0.15, 0.2) is 36.4 Å². The minimum atomic E-state index is -1.10. The Morgan fingerprint density at radius 1 is 0.978 bits per heavy atom. The highest BCUT2D eigenvalue weighted by molar-refractivity contribution is 5.95. The van der Waals surface area contributed by atoms with Gasteiger partial charge >= 0.3 is 12.1 Å². The first-order valence-electron chi connectivity index (χ1n) is 16.2. The standard InChI is InChI=1S/C33H46N6O7/c1-3-4-8-21-46-33(44)39-19-17-38(18-20-39)32(43)26(11-12-29(40)41)35-31(42)30-34-27(25-9-6-5-7-10-25)22-28(36-30)37-15-13-24(14-16-37)23-45-2/h5-7,9-10,22,24,26H,3-4,8,11-21,23H2,1-2H3,(H,35,42)(H,40,41)/t26-/m0/s1. The molecule has 2 saturated heterocycles. The molecule has 250 valence electrons. The zero-order valence-corrected chi connectivity index (χ0v) is 26.9. The third-order valence-corrected chi connectivity index (χ3v) is 8.40. The lowest BCUT2D eigenvalue weighted by atomic mass is 9.98. The average Bonchev–Trinajstić information content (AvgIpc) is 3.08. The minimum Gasteiger partial charge on any atom is -0.481 e. The van der Waals surface area contributed by atoms with Crippen LogP contribution in [-0.2, 0) is 19.1 Å². The highest BCUT2D eigenvalue weighted by atomic mass is 16.6. The molecule has 0 saturated carbocycles. The number of amides is 3. The number of piperidine rings is 1. The summed E-state index contributed by atoms with van der Waals surface area (Å²) in [7, 11) is 1.70. The van der Waals surface area contributed by atoms with E-state index in [1.165, 1.54) is 0 Å². The topological polar surface area (TPSA) is 154 Å². The molecule has 2 aliphatic rings. The highest BCUT2D eigenvalue weighted by Crippen LogP contribution is 2.26. The quantitative estimate of drug-likeness (QED) is 0.294. The third-order valence-electron chi connectivity index (χ3n) is 8.40. The summed E-state index contributed by atoms with van der Waals surface area (Å²) < 4.78 is 10.7.